The van der Waals surface area contributed by atoms with Crippen molar-refractivity contribution in [2.75, 3.05) is 20.2 Å². The molecule has 2 aromatic carbocycles. The molecule has 0 aliphatic carbocycles. The fourth-order valence-corrected chi connectivity index (χ4v) is 5.78. The number of hydrogen-bond acceptors (Lipinski definition) is 3. The van der Waals surface area contributed by atoms with Crippen molar-refractivity contribution in [2.24, 2.45) is 0 Å². The van der Waals surface area contributed by atoms with Crippen molar-refractivity contribution >= 4 is 38.2 Å². The van der Waals surface area contributed by atoms with Gasteiger partial charge in [-0.15, -0.1) is 11.3 Å². The van der Waals surface area contributed by atoms with Crippen molar-refractivity contribution in [3.63, 3.8) is 0 Å². The lowest BCUT2D eigenvalue weighted by Crippen LogP contribution is -2.37. The Hall–Kier alpha value is -2.70. The second-order valence-corrected chi connectivity index (χ2v) is 8.86. The van der Waals surface area contributed by atoms with Crippen LogP contribution in [0.25, 0.3) is 21.0 Å². The third-order valence-electron chi connectivity index (χ3n) is 6.09. The molecule has 0 spiro atoms. The molecule has 5 rings (SSSR count). The summed E-state index contributed by atoms with van der Waals surface area (Å²) in [5.41, 5.74) is 3.16. The van der Waals surface area contributed by atoms with Crippen molar-refractivity contribution in [1.82, 2.24) is 9.88 Å². The van der Waals surface area contributed by atoms with E-state index in [9.17, 15) is 9.18 Å². The summed E-state index contributed by atoms with van der Waals surface area (Å²) in [6, 6.07) is 13.3. The molecule has 3 heterocycles. The summed E-state index contributed by atoms with van der Waals surface area (Å²) in [5, 5.41) is 1.78. The Kier molecular flexibility index (Phi) is 5.05. The number of halogens is 1. The number of fused-ring (bicyclic) bond motifs is 2. The molecule has 1 fully saturated rings. The number of carbonyl (C=O) groups excluding carboxylic acids is 1. The van der Waals surface area contributed by atoms with Crippen LogP contribution in [-0.2, 0) is 11.3 Å². The van der Waals surface area contributed by atoms with Crippen LogP contribution in [0.2, 0.25) is 0 Å². The molecule has 1 N–H and O–H groups in total. The minimum Gasteiger partial charge on any atom is -0.380 e. The standard InChI is InChI=1S/C24H23FN2O2S/c1-29-14-18-22-19(25)6-4-8-21(22)30-23(18)24(28)27-11-9-15(10-12-27)17-13-26-20-7-3-2-5-16(17)20/h2-8,13,15,26H,9-12,14H2,1H3. The first-order valence-electron chi connectivity index (χ1n) is 10.2. The molecule has 1 amide bonds. The monoisotopic (exact) mass is 422 g/mol. The van der Waals surface area contributed by atoms with Gasteiger partial charge in [0.15, 0.2) is 0 Å². The van der Waals surface area contributed by atoms with E-state index in [1.807, 2.05) is 17.0 Å². The number of thiophene rings is 1. The van der Waals surface area contributed by atoms with Crippen LogP contribution in [0.4, 0.5) is 4.39 Å². The normalized spacial score (nSPS) is 15.3. The predicted octanol–water partition coefficient (Wildman–Crippen LogP) is 5.69. The van der Waals surface area contributed by atoms with Gasteiger partial charge >= 0.3 is 0 Å². The van der Waals surface area contributed by atoms with Crippen LogP contribution in [0.5, 0.6) is 0 Å². The highest BCUT2D eigenvalue weighted by Gasteiger charge is 2.29. The number of rotatable bonds is 4. The number of aromatic nitrogens is 1. The van der Waals surface area contributed by atoms with Crippen molar-refractivity contribution in [2.45, 2.75) is 25.4 Å². The summed E-state index contributed by atoms with van der Waals surface area (Å²) >= 11 is 1.36. The van der Waals surface area contributed by atoms with E-state index < -0.39 is 0 Å². The van der Waals surface area contributed by atoms with E-state index in [4.69, 9.17) is 4.74 Å². The second-order valence-electron chi connectivity index (χ2n) is 7.81. The summed E-state index contributed by atoms with van der Waals surface area (Å²) in [7, 11) is 1.57. The molecular weight excluding hydrogens is 399 g/mol. The summed E-state index contributed by atoms with van der Waals surface area (Å²) in [5.74, 6) is 0.122. The Morgan fingerprint density at radius 1 is 1.20 bits per heavy atom. The highest BCUT2D eigenvalue weighted by Crippen LogP contribution is 2.37. The van der Waals surface area contributed by atoms with Crippen LogP contribution < -0.4 is 0 Å². The molecule has 2 aromatic heterocycles. The van der Waals surface area contributed by atoms with Crippen LogP contribution in [0.15, 0.2) is 48.7 Å². The number of ether oxygens (including phenoxy) is 1. The predicted molar refractivity (Wildman–Crippen MR) is 119 cm³/mol. The summed E-state index contributed by atoms with van der Waals surface area (Å²) in [6.07, 6.45) is 3.96. The number of piperidine rings is 1. The number of benzene rings is 2. The van der Waals surface area contributed by atoms with E-state index in [1.165, 1.54) is 28.4 Å². The first kappa shape index (κ1) is 19.3. The molecule has 1 saturated heterocycles. The van der Waals surface area contributed by atoms with E-state index in [-0.39, 0.29) is 18.3 Å². The van der Waals surface area contributed by atoms with E-state index in [2.05, 4.69) is 29.4 Å². The molecular formula is C24H23FN2O2S. The van der Waals surface area contributed by atoms with Crippen LogP contribution in [-0.4, -0.2) is 36.0 Å². The maximum absolute atomic E-state index is 14.4. The summed E-state index contributed by atoms with van der Waals surface area (Å²) in [4.78, 5) is 19.2. The molecule has 4 nitrogen and oxygen atoms in total. The molecule has 1 aliphatic rings. The fourth-order valence-electron chi connectivity index (χ4n) is 4.59. The minimum atomic E-state index is -0.298. The molecule has 154 valence electrons. The fraction of sp³-hybridized carbons (Fsp3) is 0.292. The second kappa shape index (κ2) is 7.85. The molecule has 30 heavy (non-hydrogen) atoms. The first-order chi connectivity index (χ1) is 14.7. The van der Waals surface area contributed by atoms with Crippen LogP contribution >= 0.6 is 11.3 Å². The Morgan fingerprint density at radius 2 is 2.00 bits per heavy atom. The Morgan fingerprint density at radius 3 is 2.80 bits per heavy atom. The minimum absolute atomic E-state index is 0.0139. The summed E-state index contributed by atoms with van der Waals surface area (Å²) < 4.78 is 20.5. The third kappa shape index (κ3) is 3.20. The first-order valence-corrected chi connectivity index (χ1v) is 11.0. The summed E-state index contributed by atoms with van der Waals surface area (Å²) in [6.45, 7) is 1.63. The van der Waals surface area contributed by atoms with Gasteiger partial charge in [0.1, 0.15) is 5.82 Å². The van der Waals surface area contributed by atoms with Crippen molar-refractivity contribution < 1.29 is 13.9 Å². The maximum atomic E-state index is 14.4. The zero-order chi connectivity index (χ0) is 20.7. The Bertz CT molecular complexity index is 1220. The highest BCUT2D eigenvalue weighted by atomic mass is 32.1. The lowest BCUT2D eigenvalue weighted by Gasteiger charge is -2.32. The zero-order valence-corrected chi connectivity index (χ0v) is 17.6. The molecule has 4 aromatic rings. The number of aromatic amines is 1. The number of nitrogens with zero attached hydrogens (tertiary/aromatic N) is 1. The lowest BCUT2D eigenvalue weighted by atomic mass is 9.89. The van der Waals surface area contributed by atoms with Gasteiger partial charge in [-0.25, -0.2) is 4.39 Å². The number of H-pyrrole nitrogens is 1. The molecule has 1 aliphatic heterocycles. The van der Waals surface area contributed by atoms with Crippen molar-refractivity contribution in [3.05, 3.63) is 70.5 Å². The van der Waals surface area contributed by atoms with Crippen LogP contribution in [0, 0.1) is 5.82 Å². The number of amides is 1. The maximum Gasteiger partial charge on any atom is 0.264 e. The molecule has 0 atom stereocenters. The molecule has 0 unspecified atom stereocenters. The quantitative estimate of drug-likeness (QED) is 0.459. The van der Waals surface area contributed by atoms with Crippen LogP contribution in [0.3, 0.4) is 0 Å². The van der Waals surface area contributed by atoms with Gasteiger partial charge in [0.05, 0.1) is 11.5 Å². The smallest absolute Gasteiger partial charge is 0.264 e. The van der Waals surface area contributed by atoms with Crippen molar-refractivity contribution in [3.8, 4) is 0 Å². The zero-order valence-electron chi connectivity index (χ0n) is 16.8. The number of para-hydroxylation sites is 1. The number of nitrogens with one attached hydrogen (secondary N) is 1. The number of likely N-dealkylation sites (tertiary alicyclic amines) is 1. The average Bonchev–Trinajstić information content (AvgIpc) is 3.36. The SMILES string of the molecule is COCc1c(C(=O)N2CCC(c3c[nH]c4ccccc34)CC2)sc2cccc(F)c12. The van der Waals surface area contributed by atoms with E-state index >= 15 is 0 Å². The van der Waals surface area contributed by atoms with E-state index in [1.54, 1.807) is 13.2 Å². The topological polar surface area (TPSA) is 45.3 Å². The van der Waals surface area contributed by atoms with Gasteiger partial charge in [-0.05, 0) is 42.5 Å². The average molecular weight is 423 g/mol. The number of carbonyl (C=O) groups is 1. The van der Waals surface area contributed by atoms with Gasteiger partial charge in [0, 0.05) is 52.9 Å². The molecule has 0 bridgehead atoms. The highest BCUT2D eigenvalue weighted by molar-refractivity contribution is 7.21. The molecule has 0 saturated carbocycles. The molecule has 0 radical (unpaired) electrons. The van der Waals surface area contributed by atoms with E-state index in [0.717, 1.165) is 23.1 Å². The van der Waals surface area contributed by atoms with Gasteiger partial charge in [-0.3, -0.25) is 4.79 Å². The van der Waals surface area contributed by atoms with Gasteiger partial charge in [-0.2, -0.15) is 0 Å². The molecule has 6 heteroatoms. The Labute approximate surface area is 178 Å². The largest absolute Gasteiger partial charge is 0.380 e. The Balaban J connectivity index is 1.38. The van der Waals surface area contributed by atoms with Gasteiger partial charge in [-0.1, -0.05) is 24.3 Å². The van der Waals surface area contributed by atoms with Gasteiger partial charge < -0.3 is 14.6 Å². The van der Waals surface area contributed by atoms with E-state index in [0.29, 0.717) is 34.8 Å². The van der Waals surface area contributed by atoms with Crippen LogP contribution in [0.1, 0.15) is 39.6 Å². The van der Waals surface area contributed by atoms with Gasteiger partial charge in [0.2, 0.25) is 0 Å². The lowest BCUT2D eigenvalue weighted by molar-refractivity contribution is 0.0714. The van der Waals surface area contributed by atoms with Gasteiger partial charge in [0.25, 0.3) is 5.91 Å². The number of hydrogen-bond donors (Lipinski definition) is 1. The third-order valence-corrected chi connectivity index (χ3v) is 7.27. The van der Waals surface area contributed by atoms with Crippen molar-refractivity contribution in [1.29, 1.82) is 0 Å². The number of methoxy groups -OCH3 is 1.